The van der Waals surface area contributed by atoms with Crippen LogP contribution in [0.25, 0.3) is 0 Å². The summed E-state index contributed by atoms with van der Waals surface area (Å²) < 4.78 is 0. The van der Waals surface area contributed by atoms with E-state index in [9.17, 15) is 4.79 Å². The summed E-state index contributed by atoms with van der Waals surface area (Å²) in [7, 11) is 0. The second kappa shape index (κ2) is 0.903. The number of fused-ring (bicyclic) bond motifs is 1. The first-order valence-corrected chi connectivity index (χ1v) is 2.96. The van der Waals surface area contributed by atoms with Crippen molar-refractivity contribution in [3.05, 3.63) is 12.7 Å². The maximum atomic E-state index is 10.8. The molecule has 2 rings (SSSR count). The summed E-state index contributed by atoms with van der Waals surface area (Å²) in [5.41, 5.74) is 0.168. The van der Waals surface area contributed by atoms with Gasteiger partial charge in [-0.15, -0.1) is 0 Å². The Bertz CT molecular complexity index is 163. The second-order valence-electron chi connectivity index (χ2n) is 2.83. The largest absolute Gasteiger partial charge is 0.294 e. The molecule has 0 radical (unpaired) electrons. The third-order valence-corrected chi connectivity index (χ3v) is 2.36. The Morgan fingerprint density at radius 1 is 1.75 bits per heavy atom. The van der Waals surface area contributed by atoms with Crippen molar-refractivity contribution in [2.24, 2.45) is 11.3 Å². The van der Waals surface area contributed by atoms with Crippen LogP contribution in [0.1, 0.15) is 12.8 Å². The Morgan fingerprint density at radius 3 is 2.38 bits per heavy atom. The van der Waals surface area contributed by atoms with Gasteiger partial charge in [-0.2, -0.15) is 0 Å². The van der Waals surface area contributed by atoms with Crippen molar-refractivity contribution >= 4 is 5.78 Å². The lowest BCUT2D eigenvalue weighted by molar-refractivity contribution is -0.117. The minimum Gasteiger partial charge on any atom is -0.294 e. The number of ketones is 1. The van der Waals surface area contributed by atoms with Gasteiger partial charge in [0.25, 0.3) is 0 Å². The molecular formula is C7H8O. The molecule has 0 bridgehead atoms. The molecule has 0 aliphatic heterocycles. The van der Waals surface area contributed by atoms with E-state index in [1.165, 1.54) is 6.08 Å². The van der Waals surface area contributed by atoms with Gasteiger partial charge in [-0.05, 0) is 24.8 Å². The first-order chi connectivity index (χ1) is 3.79. The Kier molecular flexibility index (Phi) is 0.486. The van der Waals surface area contributed by atoms with Crippen LogP contribution in [0, 0.1) is 11.3 Å². The molecule has 0 amide bonds. The van der Waals surface area contributed by atoms with Crippen molar-refractivity contribution in [3.8, 4) is 0 Å². The minimum atomic E-state index is 0.168. The predicted octanol–water partition coefficient (Wildman–Crippen LogP) is 1.15. The highest BCUT2D eigenvalue weighted by molar-refractivity contribution is 5.99. The smallest absolute Gasteiger partial charge is 0.161 e. The van der Waals surface area contributed by atoms with Gasteiger partial charge in [0.1, 0.15) is 0 Å². The zero-order valence-corrected chi connectivity index (χ0v) is 4.68. The molecule has 2 saturated carbocycles. The molecule has 0 spiro atoms. The summed E-state index contributed by atoms with van der Waals surface area (Å²) >= 11 is 0. The van der Waals surface area contributed by atoms with E-state index in [-0.39, 0.29) is 11.2 Å². The molecule has 0 aromatic heterocycles. The lowest BCUT2D eigenvalue weighted by Crippen LogP contribution is -2.00. The van der Waals surface area contributed by atoms with Crippen molar-refractivity contribution in [1.82, 2.24) is 0 Å². The molecule has 42 valence electrons. The van der Waals surface area contributed by atoms with Gasteiger partial charge in [-0.25, -0.2) is 0 Å². The van der Waals surface area contributed by atoms with Crippen LogP contribution < -0.4 is 0 Å². The molecule has 2 aliphatic carbocycles. The molecule has 0 aromatic carbocycles. The van der Waals surface area contributed by atoms with Crippen LogP contribution in [0.5, 0.6) is 0 Å². The monoisotopic (exact) mass is 108 g/mol. The summed E-state index contributed by atoms with van der Waals surface area (Å²) in [5, 5.41) is 0. The topological polar surface area (TPSA) is 17.1 Å². The van der Waals surface area contributed by atoms with Gasteiger partial charge in [0.05, 0.1) is 0 Å². The van der Waals surface area contributed by atoms with E-state index in [4.69, 9.17) is 0 Å². The molecule has 1 heteroatoms. The molecule has 0 saturated heterocycles. The molecule has 0 unspecified atom stereocenters. The van der Waals surface area contributed by atoms with E-state index in [0.29, 0.717) is 0 Å². The van der Waals surface area contributed by atoms with Crippen LogP contribution in [0.15, 0.2) is 12.7 Å². The van der Waals surface area contributed by atoms with Gasteiger partial charge < -0.3 is 0 Å². The van der Waals surface area contributed by atoms with E-state index in [0.717, 1.165) is 18.8 Å². The molecule has 2 aliphatic rings. The third-order valence-electron chi connectivity index (χ3n) is 2.36. The molecule has 0 N–H and O–H groups in total. The maximum absolute atomic E-state index is 10.8. The van der Waals surface area contributed by atoms with Crippen LogP contribution in [0.2, 0.25) is 0 Å². The van der Waals surface area contributed by atoms with E-state index in [1.54, 1.807) is 0 Å². The average Bonchev–Trinajstić information content (AvgIpc) is 2.45. The predicted molar refractivity (Wildman–Crippen MR) is 30.4 cm³/mol. The van der Waals surface area contributed by atoms with Gasteiger partial charge >= 0.3 is 0 Å². The highest BCUT2D eigenvalue weighted by Crippen LogP contribution is 2.75. The Hall–Kier alpha value is -0.590. The van der Waals surface area contributed by atoms with Crippen LogP contribution in [0.3, 0.4) is 0 Å². The Labute approximate surface area is 48.4 Å². The van der Waals surface area contributed by atoms with Crippen LogP contribution in [0.4, 0.5) is 0 Å². The van der Waals surface area contributed by atoms with Gasteiger partial charge in [-0.1, -0.05) is 6.58 Å². The molecule has 0 aromatic rings. The summed E-state index contributed by atoms with van der Waals surface area (Å²) in [4.78, 5) is 10.8. The Balaban J connectivity index is 2.17. The number of carbonyl (C=O) groups is 1. The number of hydrogen-bond donors (Lipinski definition) is 0. The van der Waals surface area contributed by atoms with Crippen LogP contribution in [-0.2, 0) is 4.79 Å². The van der Waals surface area contributed by atoms with Gasteiger partial charge in [0, 0.05) is 5.41 Å². The van der Waals surface area contributed by atoms with E-state index in [2.05, 4.69) is 6.58 Å². The standard InChI is InChI=1S/C7H8O/c1-2-6(8)7-3-5(7)4-7/h2,5H,1,3-4H2. The van der Waals surface area contributed by atoms with Gasteiger partial charge in [0.2, 0.25) is 0 Å². The number of carbonyl (C=O) groups excluding carboxylic acids is 1. The highest BCUT2D eigenvalue weighted by atomic mass is 16.1. The minimum absolute atomic E-state index is 0.168. The number of allylic oxidation sites excluding steroid dienone is 1. The second-order valence-corrected chi connectivity index (χ2v) is 2.83. The summed E-state index contributed by atoms with van der Waals surface area (Å²) in [6.45, 7) is 3.44. The fourth-order valence-corrected chi connectivity index (χ4v) is 1.31. The first kappa shape index (κ1) is 4.30. The fourth-order valence-electron chi connectivity index (χ4n) is 1.31. The number of hydrogen-bond acceptors (Lipinski definition) is 1. The van der Waals surface area contributed by atoms with Crippen LogP contribution >= 0.6 is 0 Å². The van der Waals surface area contributed by atoms with Crippen molar-refractivity contribution in [2.45, 2.75) is 12.8 Å². The van der Waals surface area contributed by atoms with E-state index < -0.39 is 0 Å². The molecule has 1 nitrogen and oxygen atoms in total. The van der Waals surface area contributed by atoms with E-state index in [1.807, 2.05) is 0 Å². The van der Waals surface area contributed by atoms with Crippen LogP contribution in [-0.4, -0.2) is 5.78 Å². The van der Waals surface area contributed by atoms with Crippen molar-refractivity contribution in [3.63, 3.8) is 0 Å². The molecular weight excluding hydrogens is 100 g/mol. The first-order valence-electron chi connectivity index (χ1n) is 2.96. The van der Waals surface area contributed by atoms with E-state index >= 15 is 0 Å². The summed E-state index contributed by atoms with van der Waals surface area (Å²) in [6.07, 6.45) is 3.77. The SMILES string of the molecule is C=CC(=O)C12CC1C2. The average molecular weight is 108 g/mol. The zero-order valence-electron chi connectivity index (χ0n) is 4.68. The number of rotatable bonds is 2. The van der Waals surface area contributed by atoms with Gasteiger partial charge in [-0.3, -0.25) is 4.79 Å². The van der Waals surface area contributed by atoms with Crippen molar-refractivity contribution in [2.75, 3.05) is 0 Å². The molecule has 0 atom stereocenters. The van der Waals surface area contributed by atoms with Crippen molar-refractivity contribution in [1.29, 1.82) is 0 Å². The van der Waals surface area contributed by atoms with Gasteiger partial charge in [0.15, 0.2) is 5.78 Å². The summed E-state index contributed by atoms with van der Waals surface area (Å²) in [5.74, 6) is 1.05. The molecule has 0 heterocycles. The highest BCUT2D eigenvalue weighted by Gasteiger charge is 2.73. The maximum Gasteiger partial charge on any atom is 0.161 e. The van der Waals surface area contributed by atoms with Crippen molar-refractivity contribution < 1.29 is 4.79 Å². The lowest BCUT2D eigenvalue weighted by atomic mass is 10.1. The third kappa shape index (κ3) is 0.279. The zero-order chi connectivity index (χ0) is 5.78. The molecule has 2 fully saturated rings. The lowest BCUT2D eigenvalue weighted by Gasteiger charge is -1.91. The summed E-state index contributed by atoms with van der Waals surface area (Å²) in [6, 6.07) is 0. The normalized spacial score (nSPS) is 47.2. The fraction of sp³-hybridized carbons (Fsp3) is 0.571. The molecule has 8 heavy (non-hydrogen) atoms. The Morgan fingerprint density at radius 2 is 2.25 bits per heavy atom. The quantitative estimate of drug-likeness (QED) is 0.485.